The molecule has 3 atom stereocenters. The van der Waals surface area contributed by atoms with Crippen LogP contribution in [-0.4, -0.2) is 43.9 Å². The summed E-state index contributed by atoms with van der Waals surface area (Å²) in [4.78, 5) is 2.15. The van der Waals surface area contributed by atoms with Gasteiger partial charge in [0, 0.05) is 12.5 Å². The standard InChI is InChI=1S/C23H31NO3/c1-24(2)16-20-15-22(27-17-18-8-5-4-6-9-18)12-13-23(20,25)19-10-7-11-21(14-19)26-3/h4-11,14,20,22,25H,12-13,15-17H2,1-3H3/t20-,22-,23-/m1/s1. The lowest BCUT2D eigenvalue weighted by Crippen LogP contribution is -2.46. The average Bonchev–Trinajstić information content (AvgIpc) is 2.69. The molecule has 0 heterocycles. The largest absolute Gasteiger partial charge is 0.497 e. The van der Waals surface area contributed by atoms with Gasteiger partial charge in [0.25, 0.3) is 0 Å². The van der Waals surface area contributed by atoms with Gasteiger partial charge in [0.15, 0.2) is 0 Å². The van der Waals surface area contributed by atoms with Gasteiger partial charge in [-0.15, -0.1) is 0 Å². The zero-order valence-electron chi connectivity index (χ0n) is 16.6. The third-order valence-electron chi connectivity index (χ3n) is 5.55. The van der Waals surface area contributed by atoms with Gasteiger partial charge in [-0.3, -0.25) is 0 Å². The van der Waals surface area contributed by atoms with Crippen LogP contribution in [0, 0.1) is 5.92 Å². The highest BCUT2D eigenvalue weighted by Gasteiger charge is 2.44. The van der Waals surface area contributed by atoms with Crippen molar-refractivity contribution in [1.82, 2.24) is 4.90 Å². The third kappa shape index (κ3) is 4.89. The zero-order chi connectivity index (χ0) is 19.3. The van der Waals surface area contributed by atoms with E-state index in [1.807, 2.05) is 42.5 Å². The van der Waals surface area contributed by atoms with Crippen molar-refractivity contribution in [3.8, 4) is 5.75 Å². The molecule has 0 amide bonds. The number of aliphatic hydroxyl groups is 1. The van der Waals surface area contributed by atoms with E-state index in [9.17, 15) is 5.11 Å². The first kappa shape index (κ1) is 19.9. The maximum absolute atomic E-state index is 11.6. The summed E-state index contributed by atoms with van der Waals surface area (Å²) in [6, 6.07) is 18.1. The van der Waals surface area contributed by atoms with Crippen molar-refractivity contribution in [2.45, 2.75) is 37.6 Å². The summed E-state index contributed by atoms with van der Waals surface area (Å²) in [5, 5.41) is 11.6. The normalized spacial score (nSPS) is 25.5. The maximum atomic E-state index is 11.6. The Morgan fingerprint density at radius 2 is 1.89 bits per heavy atom. The van der Waals surface area contributed by atoms with Gasteiger partial charge in [-0.2, -0.15) is 0 Å². The Hall–Kier alpha value is -1.88. The minimum Gasteiger partial charge on any atom is -0.497 e. The van der Waals surface area contributed by atoms with Gasteiger partial charge in [-0.05, 0) is 56.6 Å². The van der Waals surface area contributed by atoms with Crippen molar-refractivity contribution in [2.75, 3.05) is 27.7 Å². The molecule has 1 fully saturated rings. The third-order valence-corrected chi connectivity index (χ3v) is 5.55. The van der Waals surface area contributed by atoms with Crippen molar-refractivity contribution >= 4 is 0 Å². The van der Waals surface area contributed by atoms with Gasteiger partial charge >= 0.3 is 0 Å². The van der Waals surface area contributed by atoms with Crippen LogP contribution in [-0.2, 0) is 16.9 Å². The highest BCUT2D eigenvalue weighted by molar-refractivity contribution is 5.33. The number of hydrogen-bond acceptors (Lipinski definition) is 4. The Morgan fingerprint density at radius 1 is 1.11 bits per heavy atom. The van der Waals surface area contributed by atoms with E-state index in [2.05, 4.69) is 31.1 Å². The lowest BCUT2D eigenvalue weighted by Gasteiger charge is -2.44. The molecule has 2 aromatic carbocycles. The van der Waals surface area contributed by atoms with Gasteiger partial charge in [-0.25, -0.2) is 0 Å². The molecule has 0 saturated heterocycles. The van der Waals surface area contributed by atoms with Crippen LogP contribution in [0.1, 0.15) is 30.4 Å². The molecule has 1 N–H and O–H groups in total. The molecule has 0 radical (unpaired) electrons. The first-order chi connectivity index (χ1) is 13.0. The van der Waals surface area contributed by atoms with Crippen molar-refractivity contribution in [1.29, 1.82) is 0 Å². The van der Waals surface area contributed by atoms with Crippen LogP contribution in [0.5, 0.6) is 5.75 Å². The Bertz CT molecular complexity index is 719. The molecule has 1 saturated carbocycles. The number of methoxy groups -OCH3 is 1. The molecule has 2 aromatic rings. The summed E-state index contributed by atoms with van der Waals surface area (Å²) in [5.41, 5.74) is 1.27. The van der Waals surface area contributed by atoms with Gasteiger partial charge in [0.05, 0.1) is 25.4 Å². The van der Waals surface area contributed by atoms with Crippen molar-refractivity contribution in [3.63, 3.8) is 0 Å². The van der Waals surface area contributed by atoms with Crippen LogP contribution >= 0.6 is 0 Å². The number of rotatable bonds is 7. The van der Waals surface area contributed by atoms with E-state index in [1.54, 1.807) is 7.11 Å². The van der Waals surface area contributed by atoms with E-state index in [0.717, 1.165) is 30.7 Å². The molecule has 0 bridgehead atoms. The van der Waals surface area contributed by atoms with Crippen LogP contribution in [0.4, 0.5) is 0 Å². The molecular weight excluding hydrogens is 338 g/mol. The number of ether oxygens (including phenoxy) is 2. The van der Waals surface area contributed by atoms with Crippen molar-refractivity contribution in [2.24, 2.45) is 5.92 Å². The summed E-state index contributed by atoms with van der Waals surface area (Å²) in [6.07, 6.45) is 2.56. The molecule has 4 heteroatoms. The van der Waals surface area contributed by atoms with Crippen LogP contribution in [0.3, 0.4) is 0 Å². The van der Waals surface area contributed by atoms with E-state index in [4.69, 9.17) is 9.47 Å². The summed E-state index contributed by atoms with van der Waals surface area (Å²) in [7, 11) is 5.77. The zero-order valence-corrected chi connectivity index (χ0v) is 16.6. The minimum absolute atomic E-state index is 0.106. The molecule has 0 spiro atoms. The fourth-order valence-electron chi connectivity index (χ4n) is 4.09. The Balaban J connectivity index is 1.74. The van der Waals surface area contributed by atoms with Crippen molar-refractivity contribution in [3.05, 3.63) is 65.7 Å². The van der Waals surface area contributed by atoms with E-state index in [1.165, 1.54) is 5.56 Å². The lowest BCUT2D eigenvalue weighted by molar-refractivity contribution is -0.110. The number of benzene rings is 2. The molecule has 0 aromatic heterocycles. The monoisotopic (exact) mass is 369 g/mol. The first-order valence-corrected chi connectivity index (χ1v) is 9.68. The van der Waals surface area contributed by atoms with Gasteiger partial charge in [0.1, 0.15) is 5.75 Å². The van der Waals surface area contributed by atoms with Gasteiger partial charge in [-0.1, -0.05) is 42.5 Å². The fourth-order valence-corrected chi connectivity index (χ4v) is 4.09. The number of nitrogens with zero attached hydrogens (tertiary/aromatic N) is 1. The SMILES string of the molecule is COc1cccc([C@]2(O)CC[C@@H](OCc3ccccc3)C[C@@H]2CN(C)C)c1. The summed E-state index contributed by atoms with van der Waals surface area (Å²) in [6.45, 7) is 1.44. The molecule has 27 heavy (non-hydrogen) atoms. The van der Waals surface area contributed by atoms with Gasteiger partial charge in [0.2, 0.25) is 0 Å². The van der Waals surface area contributed by atoms with Crippen LogP contribution in [0.25, 0.3) is 0 Å². The molecule has 146 valence electrons. The first-order valence-electron chi connectivity index (χ1n) is 9.68. The highest BCUT2D eigenvalue weighted by atomic mass is 16.5. The van der Waals surface area contributed by atoms with E-state index in [-0.39, 0.29) is 12.0 Å². The Labute approximate surface area is 162 Å². The second-order valence-corrected chi connectivity index (χ2v) is 7.81. The minimum atomic E-state index is -0.856. The van der Waals surface area contributed by atoms with Crippen LogP contribution in [0.2, 0.25) is 0 Å². The predicted octanol–water partition coefficient (Wildman–Crippen LogP) is 3.83. The van der Waals surface area contributed by atoms with E-state index < -0.39 is 5.60 Å². The summed E-state index contributed by atoms with van der Waals surface area (Å²) < 4.78 is 11.6. The molecule has 3 rings (SSSR count). The maximum Gasteiger partial charge on any atom is 0.119 e. The summed E-state index contributed by atoms with van der Waals surface area (Å²) >= 11 is 0. The predicted molar refractivity (Wildman–Crippen MR) is 108 cm³/mol. The molecule has 1 aliphatic rings. The van der Waals surface area contributed by atoms with Gasteiger partial charge < -0.3 is 19.5 Å². The Kier molecular flexibility index (Phi) is 6.53. The lowest BCUT2D eigenvalue weighted by atomic mass is 9.70. The smallest absolute Gasteiger partial charge is 0.119 e. The molecule has 0 unspecified atom stereocenters. The van der Waals surface area contributed by atoms with E-state index >= 15 is 0 Å². The van der Waals surface area contributed by atoms with Crippen molar-refractivity contribution < 1.29 is 14.6 Å². The Morgan fingerprint density at radius 3 is 2.59 bits per heavy atom. The second-order valence-electron chi connectivity index (χ2n) is 7.81. The quantitative estimate of drug-likeness (QED) is 0.805. The summed E-state index contributed by atoms with van der Waals surface area (Å²) in [5.74, 6) is 0.890. The average molecular weight is 370 g/mol. The number of hydrogen-bond donors (Lipinski definition) is 1. The van der Waals surface area contributed by atoms with Crippen LogP contribution < -0.4 is 4.74 Å². The molecule has 1 aliphatic carbocycles. The molecular formula is C23H31NO3. The highest BCUT2D eigenvalue weighted by Crippen LogP contribution is 2.43. The topological polar surface area (TPSA) is 41.9 Å². The molecule has 0 aliphatic heterocycles. The molecule has 4 nitrogen and oxygen atoms in total. The van der Waals surface area contributed by atoms with E-state index in [0.29, 0.717) is 13.0 Å². The fraction of sp³-hybridized carbons (Fsp3) is 0.478. The second kappa shape index (κ2) is 8.87. The van der Waals surface area contributed by atoms with Crippen LogP contribution in [0.15, 0.2) is 54.6 Å².